The number of carbonyl (C=O) groups excluding carboxylic acids is 1. The maximum atomic E-state index is 12.6. The fourth-order valence-corrected chi connectivity index (χ4v) is 2.29. The highest BCUT2D eigenvalue weighted by atomic mass is 19.4. The second kappa shape index (κ2) is 7.87. The highest BCUT2D eigenvalue weighted by molar-refractivity contribution is 5.96. The zero-order valence-electron chi connectivity index (χ0n) is 13.8. The van der Waals surface area contributed by atoms with Gasteiger partial charge in [0, 0.05) is 24.1 Å². The second-order valence-corrected chi connectivity index (χ2v) is 5.52. The van der Waals surface area contributed by atoms with E-state index in [0.29, 0.717) is 5.69 Å². The van der Waals surface area contributed by atoms with Crippen molar-refractivity contribution in [3.8, 4) is 5.75 Å². The monoisotopic (exact) mass is 353 g/mol. The Morgan fingerprint density at radius 2 is 1.92 bits per heavy atom. The number of aliphatic imine (C=N–C) groups is 1. The van der Waals surface area contributed by atoms with Gasteiger partial charge in [-0.1, -0.05) is 0 Å². The molecule has 134 valence electrons. The van der Waals surface area contributed by atoms with Crippen molar-refractivity contribution in [2.75, 3.05) is 11.4 Å². The van der Waals surface area contributed by atoms with Crippen molar-refractivity contribution in [1.29, 1.82) is 0 Å². The standard InChI is InChI=1S/C17H18F3N3O2/c1-13(2)23(16(24)11-22-10-4-3-9-21-12-22)14-5-7-15(8-6-14)25-17(18,19)20/h3-10,12-13H,11H2,1-2H3. The molecule has 0 spiro atoms. The molecule has 2 rings (SSSR count). The van der Waals surface area contributed by atoms with Gasteiger partial charge in [-0.3, -0.25) is 4.79 Å². The van der Waals surface area contributed by atoms with Crippen LogP contribution in [0.2, 0.25) is 0 Å². The average molecular weight is 353 g/mol. The van der Waals surface area contributed by atoms with Crippen LogP contribution >= 0.6 is 0 Å². The number of carbonyl (C=O) groups is 1. The van der Waals surface area contributed by atoms with E-state index < -0.39 is 6.36 Å². The third-order valence-electron chi connectivity index (χ3n) is 3.23. The summed E-state index contributed by atoms with van der Waals surface area (Å²) >= 11 is 0. The van der Waals surface area contributed by atoms with Gasteiger partial charge in [0.25, 0.3) is 0 Å². The Morgan fingerprint density at radius 3 is 2.52 bits per heavy atom. The number of anilines is 1. The molecule has 1 aromatic carbocycles. The molecule has 1 heterocycles. The number of hydrogen-bond acceptors (Lipinski definition) is 4. The van der Waals surface area contributed by atoms with Gasteiger partial charge in [-0.2, -0.15) is 0 Å². The number of alkyl halides is 3. The molecule has 0 fully saturated rings. The molecule has 0 saturated carbocycles. The molecule has 25 heavy (non-hydrogen) atoms. The van der Waals surface area contributed by atoms with E-state index in [9.17, 15) is 18.0 Å². The molecule has 1 aromatic rings. The zero-order valence-corrected chi connectivity index (χ0v) is 13.8. The van der Waals surface area contributed by atoms with Crippen LogP contribution in [0, 0.1) is 0 Å². The average Bonchev–Trinajstić information content (AvgIpc) is 2.76. The number of ether oxygens (including phenoxy) is 1. The van der Waals surface area contributed by atoms with Crippen LogP contribution in [0.3, 0.4) is 0 Å². The maximum absolute atomic E-state index is 12.6. The Bertz CT molecular complexity index is 663. The maximum Gasteiger partial charge on any atom is 0.573 e. The van der Waals surface area contributed by atoms with Gasteiger partial charge in [-0.15, -0.1) is 13.2 Å². The fraction of sp³-hybridized carbons (Fsp3) is 0.294. The molecule has 0 saturated heterocycles. The second-order valence-electron chi connectivity index (χ2n) is 5.52. The molecule has 0 radical (unpaired) electrons. The van der Waals surface area contributed by atoms with Crippen molar-refractivity contribution in [1.82, 2.24) is 4.90 Å². The van der Waals surface area contributed by atoms with E-state index in [0.717, 1.165) is 0 Å². The molecule has 0 atom stereocenters. The van der Waals surface area contributed by atoms with Gasteiger partial charge in [-0.05, 0) is 50.3 Å². The van der Waals surface area contributed by atoms with Crippen LogP contribution in [-0.2, 0) is 4.79 Å². The van der Waals surface area contributed by atoms with Crippen LogP contribution in [0.25, 0.3) is 0 Å². The number of rotatable bonds is 5. The van der Waals surface area contributed by atoms with Gasteiger partial charge in [-0.25, -0.2) is 4.99 Å². The van der Waals surface area contributed by atoms with Gasteiger partial charge in [0.15, 0.2) is 0 Å². The molecule has 0 unspecified atom stereocenters. The van der Waals surface area contributed by atoms with Gasteiger partial charge >= 0.3 is 6.36 Å². The lowest BCUT2D eigenvalue weighted by Crippen LogP contribution is -2.42. The SMILES string of the molecule is CC(C)N(C(=O)CN1C=CC=CN=C1)c1ccc(OC(F)(F)F)cc1. The summed E-state index contributed by atoms with van der Waals surface area (Å²) in [5, 5.41) is 0. The van der Waals surface area contributed by atoms with Gasteiger partial charge in [0.1, 0.15) is 12.3 Å². The number of amides is 1. The van der Waals surface area contributed by atoms with E-state index >= 15 is 0 Å². The minimum atomic E-state index is -4.75. The highest BCUT2D eigenvalue weighted by Crippen LogP contribution is 2.26. The molecule has 1 aliphatic rings. The van der Waals surface area contributed by atoms with Gasteiger partial charge in [0.05, 0.1) is 6.34 Å². The summed E-state index contributed by atoms with van der Waals surface area (Å²) in [5.41, 5.74) is 0.489. The summed E-state index contributed by atoms with van der Waals surface area (Å²) in [7, 11) is 0. The Hall–Kier alpha value is -2.77. The summed E-state index contributed by atoms with van der Waals surface area (Å²) in [4.78, 5) is 19.8. The first-order valence-corrected chi connectivity index (χ1v) is 7.56. The van der Waals surface area contributed by atoms with Crippen molar-refractivity contribution in [3.05, 3.63) is 48.8 Å². The minimum Gasteiger partial charge on any atom is -0.406 e. The first-order chi connectivity index (χ1) is 11.8. The highest BCUT2D eigenvalue weighted by Gasteiger charge is 2.31. The van der Waals surface area contributed by atoms with E-state index in [4.69, 9.17) is 0 Å². The molecule has 1 amide bonds. The molecule has 0 aromatic heterocycles. The van der Waals surface area contributed by atoms with Crippen molar-refractivity contribution in [3.63, 3.8) is 0 Å². The van der Waals surface area contributed by atoms with Crippen LogP contribution < -0.4 is 9.64 Å². The molecular formula is C17H18F3N3O2. The van der Waals surface area contributed by atoms with E-state index in [1.54, 1.807) is 29.5 Å². The normalized spacial score (nSPS) is 13.9. The summed E-state index contributed by atoms with van der Waals surface area (Å²) < 4.78 is 40.6. The summed E-state index contributed by atoms with van der Waals surface area (Å²) in [6.07, 6.45) is 3.58. The zero-order chi connectivity index (χ0) is 18.4. The van der Waals surface area contributed by atoms with Crippen LogP contribution in [0.4, 0.5) is 18.9 Å². The summed E-state index contributed by atoms with van der Waals surface area (Å²) in [6.45, 7) is 3.71. The lowest BCUT2D eigenvalue weighted by Gasteiger charge is -2.28. The van der Waals surface area contributed by atoms with Crippen LogP contribution in [0.5, 0.6) is 5.75 Å². The van der Waals surface area contributed by atoms with E-state index in [2.05, 4.69) is 9.73 Å². The predicted molar refractivity (Wildman–Crippen MR) is 89.2 cm³/mol. The Morgan fingerprint density at radius 1 is 1.24 bits per heavy atom. The topological polar surface area (TPSA) is 45.1 Å². The predicted octanol–water partition coefficient (Wildman–Crippen LogP) is 3.70. The molecule has 0 aliphatic carbocycles. The largest absolute Gasteiger partial charge is 0.573 e. The van der Waals surface area contributed by atoms with Crippen molar-refractivity contribution < 1.29 is 22.7 Å². The molecule has 0 N–H and O–H groups in total. The van der Waals surface area contributed by atoms with E-state index in [1.807, 2.05) is 13.8 Å². The first kappa shape index (κ1) is 18.6. The number of nitrogens with zero attached hydrogens (tertiary/aromatic N) is 3. The van der Waals surface area contributed by atoms with Crippen molar-refractivity contribution in [2.45, 2.75) is 26.3 Å². The van der Waals surface area contributed by atoms with Crippen LogP contribution in [0.15, 0.2) is 53.8 Å². The first-order valence-electron chi connectivity index (χ1n) is 7.56. The molecule has 5 nitrogen and oxygen atoms in total. The quantitative estimate of drug-likeness (QED) is 0.811. The third kappa shape index (κ3) is 5.66. The lowest BCUT2D eigenvalue weighted by molar-refractivity contribution is -0.274. The summed E-state index contributed by atoms with van der Waals surface area (Å²) in [6, 6.07) is 5.04. The van der Waals surface area contributed by atoms with Gasteiger partial charge in [0.2, 0.25) is 5.91 Å². The number of hydrogen-bond donors (Lipinski definition) is 0. The Labute approximate surface area is 143 Å². The van der Waals surface area contributed by atoms with Crippen molar-refractivity contribution >= 4 is 17.9 Å². The van der Waals surface area contributed by atoms with E-state index in [-0.39, 0.29) is 24.2 Å². The fourth-order valence-electron chi connectivity index (χ4n) is 2.29. The molecule has 0 bridgehead atoms. The summed E-state index contributed by atoms with van der Waals surface area (Å²) in [5.74, 6) is -0.543. The number of halogens is 3. The molecule has 1 aliphatic heterocycles. The number of benzene rings is 1. The van der Waals surface area contributed by atoms with Gasteiger partial charge < -0.3 is 14.5 Å². The molecule has 8 heteroatoms. The number of allylic oxidation sites excluding steroid dienone is 2. The minimum absolute atomic E-state index is 0.0562. The third-order valence-corrected chi connectivity index (χ3v) is 3.23. The lowest BCUT2D eigenvalue weighted by atomic mass is 10.2. The van der Waals surface area contributed by atoms with E-state index in [1.165, 1.54) is 35.5 Å². The smallest absolute Gasteiger partial charge is 0.406 e. The Balaban J connectivity index is 2.13. The van der Waals surface area contributed by atoms with Crippen LogP contribution in [-0.4, -0.2) is 36.1 Å². The molecular weight excluding hydrogens is 335 g/mol. The van der Waals surface area contributed by atoms with Crippen molar-refractivity contribution in [2.24, 2.45) is 4.99 Å². The Kier molecular flexibility index (Phi) is 5.84. The van der Waals surface area contributed by atoms with Crippen LogP contribution in [0.1, 0.15) is 13.8 Å².